The largest absolute Gasteiger partial charge is 0.368 e. The van der Waals surface area contributed by atoms with Gasteiger partial charge in [-0.15, -0.1) is 10.2 Å². The smallest absolute Gasteiger partial charge is 0.237 e. The molecule has 0 aliphatic carbocycles. The van der Waals surface area contributed by atoms with Gasteiger partial charge in [0.05, 0.1) is 5.75 Å². The number of benzene rings is 2. The van der Waals surface area contributed by atoms with E-state index in [0.717, 1.165) is 35.0 Å². The number of hydrogen-bond acceptors (Lipinski definition) is 5. The minimum absolute atomic E-state index is 0.0797. The van der Waals surface area contributed by atoms with Crippen LogP contribution in [0.1, 0.15) is 5.56 Å². The van der Waals surface area contributed by atoms with Gasteiger partial charge in [0.25, 0.3) is 0 Å². The molecule has 3 aromatic rings. The first kappa shape index (κ1) is 20.5. The zero-order valence-corrected chi connectivity index (χ0v) is 16.2. The number of aryl methyl sites for hydroxylation is 1. The molecule has 0 bridgehead atoms. The quantitative estimate of drug-likeness (QED) is 0.576. The maximum Gasteiger partial charge on any atom is 0.237 e. The van der Waals surface area contributed by atoms with E-state index in [9.17, 15) is 18.4 Å². The number of nitrogens with two attached hydrogens (primary N) is 1. The Bertz CT molecular complexity index is 1070. The fraction of sp³-hybridized carbons (Fsp3) is 0.158. The number of aromatic nitrogens is 3. The normalized spacial score (nSPS) is 10.7. The summed E-state index contributed by atoms with van der Waals surface area (Å²) in [6.45, 7) is 1.78. The monoisotopic (exact) mass is 417 g/mol. The highest BCUT2D eigenvalue weighted by molar-refractivity contribution is 7.99. The highest BCUT2D eigenvalue weighted by Gasteiger charge is 2.17. The second-order valence-corrected chi connectivity index (χ2v) is 7.14. The van der Waals surface area contributed by atoms with Gasteiger partial charge >= 0.3 is 0 Å². The lowest BCUT2D eigenvalue weighted by Crippen LogP contribution is -2.20. The van der Waals surface area contributed by atoms with Crippen LogP contribution in [-0.2, 0) is 16.1 Å². The summed E-state index contributed by atoms with van der Waals surface area (Å²) in [5.74, 6) is -2.71. The lowest BCUT2D eigenvalue weighted by Gasteiger charge is -2.09. The van der Waals surface area contributed by atoms with Crippen molar-refractivity contribution in [3.05, 3.63) is 59.7 Å². The number of nitrogens with one attached hydrogen (secondary N) is 1. The molecule has 3 rings (SSSR count). The van der Waals surface area contributed by atoms with Gasteiger partial charge in [0, 0.05) is 17.3 Å². The molecule has 1 heterocycles. The lowest BCUT2D eigenvalue weighted by molar-refractivity contribution is -0.118. The summed E-state index contributed by atoms with van der Waals surface area (Å²) in [6, 6.07) is 10.6. The third-order valence-corrected chi connectivity index (χ3v) is 4.81. The first-order valence-electron chi connectivity index (χ1n) is 8.49. The molecule has 150 valence electrons. The maximum absolute atomic E-state index is 13.3. The van der Waals surface area contributed by atoms with E-state index in [1.165, 1.54) is 10.6 Å². The SMILES string of the molecule is Cc1cccc(-c2nnc(SCC(=O)Nc3ccc(F)c(F)c3)n2CC(N)=O)c1. The highest BCUT2D eigenvalue weighted by Crippen LogP contribution is 2.25. The predicted octanol–water partition coefficient (Wildman–Crippen LogP) is 2.75. The van der Waals surface area contributed by atoms with E-state index in [4.69, 9.17) is 5.73 Å². The van der Waals surface area contributed by atoms with Crippen LogP contribution in [0.25, 0.3) is 11.4 Å². The third kappa shape index (κ3) is 5.17. The molecule has 7 nitrogen and oxygen atoms in total. The summed E-state index contributed by atoms with van der Waals surface area (Å²) in [5, 5.41) is 11.0. The molecule has 3 N–H and O–H groups in total. The molecule has 2 aromatic carbocycles. The second kappa shape index (κ2) is 8.82. The molecule has 0 spiro atoms. The number of thioether (sulfide) groups is 1. The van der Waals surface area contributed by atoms with Crippen LogP contribution in [0.3, 0.4) is 0 Å². The van der Waals surface area contributed by atoms with Gasteiger partial charge in [0.2, 0.25) is 11.8 Å². The highest BCUT2D eigenvalue weighted by atomic mass is 32.2. The van der Waals surface area contributed by atoms with E-state index in [2.05, 4.69) is 15.5 Å². The van der Waals surface area contributed by atoms with E-state index in [1.807, 2.05) is 31.2 Å². The minimum Gasteiger partial charge on any atom is -0.368 e. The Balaban J connectivity index is 1.75. The van der Waals surface area contributed by atoms with Crippen LogP contribution in [0.15, 0.2) is 47.6 Å². The summed E-state index contributed by atoms with van der Waals surface area (Å²) in [6.07, 6.45) is 0. The van der Waals surface area contributed by atoms with Gasteiger partial charge in [-0.2, -0.15) is 0 Å². The molecule has 0 unspecified atom stereocenters. The van der Waals surface area contributed by atoms with Crippen molar-refractivity contribution in [1.29, 1.82) is 0 Å². The fourth-order valence-corrected chi connectivity index (χ4v) is 3.33. The molecule has 29 heavy (non-hydrogen) atoms. The van der Waals surface area contributed by atoms with Crippen molar-refractivity contribution in [2.24, 2.45) is 5.73 Å². The number of carbonyl (C=O) groups is 2. The number of rotatable bonds is 7. The number of halogens is 2. The Morgan fingerprint density at radius 3 is 2.62 bits per heavy atom. The van der Waals surface area contributed by atoms with Crippen molar-refractivity contribution in [3.63, 3.8) is 0 Å². The van der Waals surface area contributed by atoms with Crippen molar-refractivity contribution in [2.75, 3.05) is 11.1 Å². The van der Waals surface area contributed by atoms with E-state index in [1.54, 1.807) is 0 Å². The molecule has 0 saturated heterocycles. The molecular formula is C19H17F2N5O2S. The van der Waals surface area contributed by atoms with Crippen molar-refractivity contribution >= 4 is 29.3 Å². The van der Waals surface area contributed by atoms with Crippen LogP contribution in [0.4, 0.5) is 14.5 Å². The molecular weight excluding hydrogens is 400 g/mol. The van der Waals surface area contributed by atoms with E-state index >= 15 is 0 Å². The summed E-state index contributed by atoms with van der Waals surface area (Å²) in [7, 11) is 0. The Morgan fingerprint density at radius 1 is 1.14 bits per heavy atom. The molecule has 0 radical (unpaired) electrons. The van der Waals surface area contributed by atoms with Gasteiger partial charge in [-0.3, -0.25) is 14.2 Å². The van der Waals surface area contributed by atoms with Crippen molar-refractivity contribution in [2.45, 2.75) is 18.6 Å². The average molecular weight is 417 g/mol. The van der Waals surface area contributed by atoms with Crippen LogP contribution in [0, 0.1) is 18.6 Å². The minimum atomic E-state index is -1.06. The van der Waals surface area contributed by atoms with Crippen LogP contribution in [0.5, 0.6) is 0 Å². The van der Waals surface area contributed by atoms with Crippen molar-refractivity contribution < 1.29 is 18.4 Å². The average Bonchev–Trinajstić information content (AvgIpc) is 3.05. The van der Waals surface area contributed by atoms with Gasteiger partial charge in [-0.1, -0.05) is 35.5 Å². The molecule has 0 atom stereocenters. The van der Waals surface area contributed by atoms with Gasteiger partial charge in [-0.05, 0) is 25.1 Å². The van der Waals surface area contributed by atoms with Crippen LogP contribution in [-0.4, -0.2) is 32.3 Å². The van der Waals surface area contributed by atoms with Gasteiger partial charge in [-0.25, -0.2) is 8.78 Å². The zero-order valence-electron chi connectivity index (χ0n) is 15.4. The topological polar surface area (TPSA) is 103 Å². The van der Waals surface area contributed by atoms with E-state index in [-0.39, 0.29) is 18.0 Å². The number of primary amides is 1. The first-order chi connectivity index (χ1) is 13.8. The molecule has 0 aliphatic heterocycles. The fourth-order valence-electron chi connectivity index (χ4n) is 2.59. The van der Waals surface area contributed by atoms with Gasteiger partial charge in [0.1, 0.15) is 6.54 Å². The van der Waals surface area contributed by atoms with Crippen LogP contribution >= 0.6 is 11.8 Å². The number of nitrogens with zero attached hydrogens (tertiary/aromatic N) is 3. The van der Waals surface area contributed by atoms with Crippen LogP contribution < -0.4 is 11.1 Å². The molecule has 2 amide bonds. The summed E-state index contributed by atoms with van der Waals surface area (Å²) < 4.78 is 27.8. The molecule has 0 saturated carbocycles. The Hall–Kier alpha value is -3.27. The molecule has 0 fully saturated rings. The van der Waals surface area contributed by atoms with E-state index < -0.39 is 23.4 Å². The summed E-state index contributed by atoms with van der Waals surface area (Å²) in [4.78, 5) is 23.6. The molecule has 0 aliphatic rings. The third-order valence-electron chi connectivity index (χ3n) is 3.84. The standard InChI is InChI=1S/C19H17F2N5O2S/c1-11-3-2-4-12(7-11)18-24-25-19(26(18)9-16(22)27)29-10-17(28)23-13-5-6-14(20)15(21)8-13/h2-8H,9-10H2,1H3,(H2,22,27)(H,23,28). The Morgan fingerprint density at radius 2 is 1.93 bits per heavy atom. The van der Waals surface area contributed by atoms with Gasteiger partial charge in [0.15, 0.2) is 22.6 Å². The number of carbonyl (C=O) groups excluding carboxylic acids is 2. The number of anilines is 1. The maximum atomic E-state index is 13.3. The molecule has 1 aromatic heterocycles. The van der Waals surface area contributed by atoms with Crippen molar-refractivity contribution in [1.82, 2.24) is 14.8 Å². The first-order valence-corrected chi connectivity index (χ1v) is 9.48. The van der Waals surface area contributed by atoms with E-state index in [0.29, 0.717) is 11.0 Å². The molecule has 10 heteroatoms. The predicted molar refractivity (Wildman–Crippen MR) is 105 cm³/mol. The summed E-state index contributed by atoms with van der Waals surface area (Å²) in [5.41, 5.74) is 7.25. The number of hydrogen-bond donors (Lipinski definition) is 2. The van der Waals surface area contributed by atoms with Gasteiger partial charge < -0.3 is 11.1 Å². The summed E-state index contributed by atoms with van der Waals surface area (Å²) >= 11 is 1.05. The van der Waals surface area contributed by atoms with Crippen molar-refractivity contribution in [3.8, 4) is 11.4 Å². The second-order valence-electron chi connectivity index (χ2n) is 6.19. The lowest BCUT2D eigenvalue weighted by atomic mass is 10.1. The Kier molecular flexibility index (Phi) is 6.23. The zero-order chi connectivity index (χ0) is 21.0. The number of amides is 2. The van der Waals surface area contributed by atoms with Crippen LogP contribution in [0.2, 0.25) is 0 Å². The Labute approximate surface area is 169 Å².